The van der Waals surface area contributed by atoms with E-state index in [0.29, 0.717) is 18.9 Å². The number of rotatable bonds is 5. The lowest BCUT2D eigenvalue weighted by atomic mass is 9.71. The van der Waals surface area contributed by atoms with Crippen molar-refractivity contribution in [1.29, 1.82) is 0 Å². The van der Waals surface area contributed by atoms with Crippen LogP contribution in [-0.2, 0) is 20.8 Å². The number of sulfone groups is 1. The Morgan fingerprint density at radius 3 is 2.36 bits per heavy atom. The van der Waals surface area contributed by atoms with Crippen LogP contribution in [0.5, 0.6) is 0 Å². The van der Waals surface area contributed by atoms with E-state index in [1.54, 1.807) is 0 Å². The Kier molecular flexibility index (Phi) is 5.51. The van der Waals surface area contributed by atoms with E-state index in [2.05, 4.69) is 0 Å². The molecule has 8 heteroatoms. The van der Waals surface area contributed by atoms with Crippen molar-refractivity contribution in [3.63, 3.8) is 0 Å². The molecule has 0 saturated heterocycles. The van der Waals surface area contributed by atoms with Gasteiger partial charge < -0.3 is 5.11 Å². The maximum absolute atomic E-state index is 12.8. The van der Waals surface area contributed by atoms with Crippen LogP contribution in [0.3, 0.4) is 0 Å². The number of halogens is 3. The summed E-state index contributed by atoms with van der Waals surface area (Å²) in [5.41, 5.74) is -1.93. The van der Waals surface area contributed by atoms with Gasteiger partial charge in [0.25, 0.3) is 0 Å². The molecule has 0 radical (unpaired) electrons. The second-order valence-electron chi connectivity index (χ2n) is 6.61. The minimum Gasteiger partial charge on any atom is -0.481 e. The molecule has 2 rings (SSSR count). The molecular weight excluding hydrogens is 357 g/mol. The molecule has 0 unspecified atom stereocenters. The van der Waals surface area contributed by atoms with Crippen LogP contribution < -0.4 is 0 Å². The SMILES string of the molecule is CCCC1(C(=O)O)CCC(S(=O)(=O)c2cccc(C(F)(F)F)c2)CC1. The van der Waals surface area contributed by atoms with E-state index in [1.807, 2.05) is 6.92 Å². The fourth-order valence-electron chi connectivity index (χ4n) is 3.55. The Hall–Kier alpha value is -1.57. The van der Waals surface area contributed by atoms with Crippen LogP contribution in [0, 0.1) is 5.41 Å². The molecule has 140 valence electrons. The van der Waals surface area contributed by atoms with E-state index >= 15 is 0 Å². The molecule has 0 bridgehead atoms. The summed E-state index contributed by atoms with van der Waals surface area (Å²) in [5, 5.41) is 8.63. The first-order valence-corrected chi connectivity index (χ1v) is 9.72. The lowest BCUT2D eigenvalue weighted by Gasteiger charge is -2.36. The van der Waals surface area contributed by atoms with Gasteiger partial charge in [-0.2, -0.15) is 13.2 Å². The van der Waals surface area contributed by atoms with Gasteiger partial charge in [-0.25, -0.2) is 8.42 Å². The zero-order chi connectivity index (χ0) is 18.9. The van der Waals surface area contributed by atoms with Gasteiger partial charge in [-0.3, -0.25) is 4.79 Å². The largest absolute Gasteiger partial charge is 0.481 e. The number of hydrogen-bond acceptors (Lipinski definition) is 3. The maximum Gasteiger partial charge on any atom is 0.416 e. The Morgan fingerprint density at radius 1 is 1.28 bits per heavy atom. The molecule has 0 atom stereocenters. The van der Waals surface area contributed by atoms with Crippen LogP contribution >= 0.6 is 0 Å². The molecule has 1 aliphatic carbocycles. The van der Waals surface area contributed by atoms with Gasteiger partial charge in [-0.05, 0) is 50.3 Å². The van der Waals surface area contributed by atoms with Gasteiger partial charge in [-0.15, -0.1) is 0 Å². The highest BCUT2D eigenvalue weighted by molar-refractivity contribution is 7.92. The Morgan fingerprint density at radius 2 is 1.88 bits per heavy atom. The van der Waals surface area contributed by atoms with E-state index in [0.717, 1.165) is 18.2 Å². The van der Waals surface area contributed by atoms with E-state index in [-0.39, 0.29) is 30.6 Å². The molecule has 0 spiro atoms. The van der Waals surface area contributed by atoms with Crippen molar-refractivity contribution in [3.05, 3.63) is 29.8 Å². The summed E-state index contributed by atoms with van der Waals surface area (Å²) in [4.78, 5) is 11.2. The third kappa shape index (κ3) is 3.99. The Balaban J connectivity index is 2.24. The minimum absolute atomic E-state index is 0.144. The highest BCUT2D eigenvalue weighted by Crippen LogP contribution is 2.43. The normalized spacial score (nSPS) is 24.9. The van der Waals surface area contributed by atoms with E-state index in [4.69, 9.17) is 0 Å². The van der Waals surface area contributed by atoms with Crippen LogP contribution in [0.4, 0.5) is 13.2 Å². The lowest BCUT2D eigenvalue weighted by molar-refractivity contribution is -0.151. The topological polar surface area (TPSA) is 71.4 Å². The van der Waals surface area contributed by atoms with Crippen molar-refractivity contribution in [3.8, 4) is 0 Å². The summed E-state index contributed by atoms with van der Waals surface area (Å²) in [5.74, 6) is -0.927. The summed E-state index contributed by atoms with van der Waals surface area (Å²) in [6.45, 7) is 1.87. The van der Waals surface area contributed by atoms with Crippen LogP contribution in [0.2, 0.25) is 0 Å². The van der Waals surface area contributed by atoms with Gasteiger partial charge >= 0.3 is 12.1 Å². The van der Waals surface area contributed by atoms with Crippen LogP contribution in [-0.4, -0.2) is 24.7 Å². The van der Waals surface area contributed by atoms with Crippen LogP contribution in [0.25, 0.3) is 0 Å². The second-order valence-corrected chi connectivity index (χ2v) is 8.83. The number of benzene rings is 1. The molecule has 25 heavy (non-hydrogen) atoms. The number of alkyl halides is 3. The van der Waals surface area contributed by atoms with Gasteiger partial charge in [-0.1, -0.05) is 19.4 Å². The first-order valence-electron chi connectivity index (χ1n) is 8.17. The van der Waals surface area contributed by atoms with Crippen molar-refractivity contribution in [2.24, 2.45) is 5.41 Å². The second kappa shape index (κ2) is 6.97. The van der Waals surface area contributed by atoms with Crippen molar-refractivity contribution in [1.82, 2.24) is 0 Å². The van der Waals surface area contributed by atoms with Gasteiger partial charge in [0, 0.05) is 0 Å². The summed E-state index contributed by atoms with van der Waals surface area (Å²) in [6.07, 6.45) is -2.73. The van der Waals surface area contributed by atoms with Crippen molar-refractivity contribution >= 4 is 15.8 Å². The Labute approximate surface area is 145 Å². The van der Waals surface area contributed by atoms with Crippen molar-refractivity contribution in [2.45, 2.75) is 61.8 Å². The molecule has 1 aliphatic rings. The average Bonchev–Trinajstić information content (AvgIpc) is 2.55. The lowest BCUT2D eigenvalue weighted by Crippen LogP contribution is -2.39. The summed E-state index contributed by atoms with van der Waals surface area (Å²) in [7, 11) is -3.93. The third-order valence-corrected chi connectivity index (χ3v) is 7.26. The van der Waals surface area contributed by atoms with E-state index in [1.165, 1.54) is 0 Å². The fourth-order valence-corrected chi connectivity index (χ4v) is 5.35. The zero-order valence-corrected chi connectivity index (χ0v) is 14.7. The molecule has 0 aromatic heterocycles. The van der Waals surface area contributed by atoms with Gasteiger partial charge in [0.2, 0.25) is 0 Å². The van der Waals surface area contributed by atoms with Crippen molar-refractivity contribution < 1.29 is 31.5 Å². The van der Waals surface area contributed by atoms with Crippen molar-refractivity contribution in [2.75, 3.05) is 0 Å². The first kappa shape index (κ1) is 19.8. The number of hydrogen-bond donors (Lipinski definition) is 1. The zero-order valence-electron chi connectivity index (χ0n) is 13.8. The molecule has 1 aromatic rings. The number of carboxylic acids is 1. The smallest absolute Gasteiger partial charge is 0.416 e. The van der Waals surface area contributed by atoms with Crippen LogP contribution in [0.1, 0.15) is 51.0 Å². The molecule has 1 saturated carbocycles. The number of carbonyl (C=O) groups is 1. The minimum atomic E-state index is -4.61. The number of aliphatic carboxylic acids is 1. The summed E-state index contributed by atoms with van der Waals surface area (Å²) < 4.78 is 63.8. The van der Waals surface area contributed by atoms with E-state index < -0.39 is 38.2 Å². The molecule has 1 N–H and O–H groups in total. The molecule has 4 nitrogen and oxygen atoms in total. The third-order valence-electron chi connectivity index (χ3n) is 5.00. The monoisotopic (exact) mass is 378 g/mol. The standard InChI is InChI=1S/C17H21F3O4S/c1-2-8-16(15(21)22)9-6-13(7-10-16)25(23,24)14-5-3-4-12(11-14)17(18,19)20/h3-5,11,13H,2,6-10H2,1H3,(H,21,22). The first-order chi connectivity index (χ1) is 11.5. The molecule has 1 fully saturated rings. The Bertz CT molecular complexity index is 733. The highest BCUT2D eigenvalue weighted by Gasteiger charge is 2.44. The predicted molar refractivity (Wildman–Crippen MR) is 85.9 cm³/mol. The molecule has 1 aromatic carbocycles. The van der Waals surface area contributed by atoms with E-state index in [9.17, 15) is 31.5 Å². The quantitative estimate of drug-likeness (QED) is 0.830. The van der Waals surface area contributed by atoms with Crippen LogP contribution in [0.15, 0.2) is 29.2 Å². The summed E-state index contributed by atoms with van der Waals surface area (Å²) in [6, 6.07) is 3.73. The maximum atomic E-state index is 12.8. The number of carboxylic acid groups (broad SMARTS) is 1. The molecule has 0 amide bonds. The molecule has 0 heterocycles. The van der Waals surface area contributed by atoms with Gasteiger partial charge in [0.15, 0.2) is 9.84 Å². The van der Waals surface area contributed by atoms with Gasteiger partial charge in [0.1, 0.15) is 0 Å². The molecule has 0 aliphatic heterocycles. The average molecular weight is 378 g/mol. The summed E-state index contributed by atoms with van der Waals surface area (Å²) >= 11 is 0. The predicted octanol–water partition coefficient (Wildman–Crippen LogP) is 4.29. The fraction of sp³-hybridized carbons (Fsp3) is 0.588. The highest BCUT2D eigenvalue weighted by atomic mass is 32.2. The van der Waals surface area contributed by atoms with Gasteiger partial charge in [0.05, 0.1) is 21.1 Å². The molecular formula is C17H21F3O4S.